The number of imidazole rings is 1. The zero-order valence-electron chi connectivity index (χ0n) is 9.97. The average molecular weight is 273 g/mol. The van der Waals surface area contributed by atoms with Gasteiger partial charge in [0.1, 0.15) is 5.82 Å². The van der Waals surface area contributed by atoms with Gasteiger partial charge in [0.15, 0.2) is 4.77 Å². The summed E-state index contributed by atoms with van der Waals surface area (Å²) < 4.78 is 15.9. The second-order valence-electron chi connectivity index (χ2n) is 5.36. The lowest BCUT2D eigenvalue weighted by atomic mass is 9.97. The first-order valence-electron chi connectivity index (χ1n) is 5.35. The van der Waals surface area contributed by atoms with E-state index in [1.54, 1.807) is 6.07 Å². The maximum absolute atomic E-state index is 13.3. The quantitative estimate of drug-likeness (QED) is 0.756. The highest BCUT2D eigenvalue weighted by atomic mass is 35.5. The molecule has 1 aromatic carbocycles. The van der Waals surface area contributed by atoms with E-state index < -0.39 is 5.82 Å². The minimum Gasteiger partial charge on any atom is -0.330 e. The van der Waals surface area contributed by atoms with Gasteiger partial charge in [0.2, 0.25) is 0 Å². The lowest BCUT2D eigenvalue weighted by molar-refractivity contribution is 0.346. The predicted molar refractivity (Wildman–Crippen MR) is 71.5 cm³/mol. The maximum atomic E-state index is 13.3. The van der Waals surface area contributed by atoms with Crippen LogP contribution in [0.1, 0.15) is 20.8 Å². The van der Waals surface area contributed by atoms with E-state index in [0.717, 1.165) is 12.1 Å². The molecule has 1 aromatic heterocycles. The SMILES string of the molecule is CC(C)(C)Cn1c(=S)[nH]c2cc(F)c(Cl)cc21. The largest absolute Gasteiger partial charge is 0.330 e. The molecule has 92 valence electrons. The summed E-state index contributed by atoms with van der Waals surface area (Å²) in [4.78, 5) is 3.00. The van der Waals surface area contributed by atoms with Gasteiger partial charge < -0.3 is 9.55 Å². The zero-order valence-corrected chi connectivity index (χ0v) is 11.5. The van der Waals surface area contributed by atoms with Crippen LogP contribution in [0.5, 0.6) is 0 Å². The first-order chi connectivity index (χ1) is 7.78. The molecule has 1 N–H and O–H groups in total. The van der Waals surface area contributed by atoms with E-state index in [0.29, 0.717) is 10.3 Å². The summed E-state index contributed by atoms with van der Waals surface area (Å²) in [5.74, 6) is -0.432. The molecule has 0 unspecified atom stereocenters. The van der Waals surface area contributed by atoms with E-state index in [1.807, 2.05) is 4.57 Å². The molecule has 1 heterocycles. The van der Waals surface area contributed by atoms with Crippen LogP contribution in [0.25, 0.3) is 11.0 Å². The van der Waals surface area contributed by atoms with E-state index in [2.05, 4.69) is 25.8 Å². The molecule has 0 saturated carbocycles. The molecule has 2 aromatic rings. The molecule has 0 saturated heterocycles. The number of aromatic nitrogens is 2. The summed E-state index contributed by atoms with van der Waals surface area (Å²) in [7, 11) is 0. The zero-order chi connectivity index (χ0) is 12.8. The molecule has 2 rings (SSSR count). The number of aromatic amines is 1. The van der Waals surface area contributed by atoms with E-state index >= 15 is 0 Å². The molecule has 0 atom stereocenters. The Morgan fingerprint density at radius 1 is 1.41 bits per heavy atom. The smallest absolute Gasteiger partial charge is 0.178 e. The number of H-pyrrole nitrogens is 1. The standard InChI is InChI=1S/C12H14ClFN2S/c1-12(2,3)6-16-10-4-7(13)8(14)5-9(10)15-11(16)17/h4-5H,6H2,1-3H3,(H,15,17). The number of rotatable bonds is 1. The Labute approximate surface area is 109 Å². The summed E-state index contributed by atoms with van der Waals surface area (Å²) >= 11 is 11.1. The highest BCUT2D eigenvalue weighted by molar-refractivity contribution is 7.71. The molecular weight excluding hydrogens is 259 g/mol. The van der Waals surface area contributed by atoms with Gasteiger partial charge in [-0.05, 0) is 23.7 Å². The molecule has 0 radical (unpaired) electrons. The van der Waals surface area contributed by atoms with Crippen LogP contribution in [-0.2, 0) is 6.54 Å². The summed E-state index contributed by atoms with van der Waals surface area (Å²) in [5.41, 5.74) is 1.62. The fraction of sp³-hybridized carbons (Fsp3) is 0.417. The Balaban J connectivity index is 2.67. The Kier molecular flexibility index (Phi) is 3.04. The molecule has 0 aliphatic rings. The van der Waals surface area contributed by atoms with E-state index in [9.17, 15) is 4.39 Å². The Morgan fingerprint density at radius 2 is 2.06 bits per heavy atom. The van der Waals surface area contributed by atoms with Gasteiger partial charge in [0.05, 0.1) is 16.1 Å². The minimum atomic E-state index is -0.432. The molecular formula is C12H14ClFN2S. The first-order valence-corrected chi connectivity index (χ1v) is 6.14. The monoisotopic (exact) mass is 272 g/mol. The summed E-state index contributed by atoms with van der Waals surface area (Å²) in [5, 5.41) is 0.120. The van der Waals surface area contributed by atoms with Crippen molar-refractivity contribution in [3.63, 3.8) is 0 Å². The second kappa shape index (κ2) is 4.10. The van der Waals surface area contributed by atoms with Gasteiger partial charge in [-0.1, -0.05) is 32.4 Å². The second-order valence-corrected chi connectivity index (χ2v) is 6.15. The summed E-state index contributed by atoms with van der Waals surface area (Å²) in [6.07, 6.45) is 0. The van der Waals surface area contributed by atoms with Crippen LogP contribution in [0.2, 0.25) is 5.02 Å². The number of benzene rings is 1. The van der Waals surface area contributed by atoms with E-state index in [-0.39, 0.29) is 10.4 Å². The van der Waals surface area contributed by atoms with Crippen LogP contribution in [-0.4, -0.2) is 9.55 Å². The number of fused-ring (bicyclic) bond motifs is 1. The van der Waals surface area contributed by atoms with E-state index in [1.165, 1.54) is 6.07 Å². The first kappa shape index (κ1) is 12.6. The maximum Gasteiger partial charge on any atom is 0.178 e. The van der Waals surface area contributed by atoms with Gasteiger partial charge in [-0.15, -0.1) is 0 Å². The topological polar surface area (TPSA) is 20.7 Å². The van der Waals surface area contributed by atoms with Crippen molar-refractivity contribution in [3.05, 3.63) is 27.7 Å². The van der Waals surface area contributed by atoms with Crippen LogP contribution in [0, 0.1) is 16.0 Å². The van der Waals surface area contributed by atoms with Crippen molar-refractivity contribution in [2.45, 2.75) is 27.3 Å². The van der Waals surface area contributed by atoms with E-state index in [4.69, 9.17) is 23.8 Å². The van der Waals surface area contributed by atoms with Crippen molar-refractivity contribution in [2.75, 3.05) is 0 Å². The Bertz CT molecular complexity index is 622. The molecule has 17 heavy (non-hydrogen) atoms. The van der Waals surface area contributed by atoms with Gasteiger partial charge >= 0.3 is 0 Å². The van der Waals surface area contributed by atoms with Gasteiger partial charge in [-0.3, -0.25) is 0 Å². The van der Waals surface area contributed by atoms with Crippen molar-refractivity contribution in [1.29, 1.82) is 0 Å². The Morgan fingerprint density at radius 3 is 2.65 bits per heavy atom. The molecule has 2 nitrogen and oxygen atoms in total. The van der Waals surface area contributed by atoms with Crippen molar-refractivity contribution < 1.29 is 4.39 Å². The third-order valence-electron chi connectivity index (χ3n) is 2.45. The number of hydrogen-bond donors (Lipinski definition) is 1. The van der Waals surface area contributed by atoms with Crippen LogP contribution in [0.15, 0.2) is 12.1 Å². The fourth-order valence-corrected chi connectivity index (χ4v) is 2.21. The molecule has 0 amide bonds. The fourth-order valence-electron chi connectivity index (χ4n) is 1.78. The minimum absolute atomic E-state index is 0.0915. The highest BCUT2D eigenvalue weighted by Gasteiger charge is 2.15. The lowest BCUT2D eigenvalue weighted by Gasteiger charge is -2.19. The van der Waals surface area contributed by atoms with Gasteiger partial charge in [-0.2, -0.15) is 0 Å². The lowest BCUT2D eigenvalue weighted by Crippen LogP contribution is -2.15. The highest BCUT2D eigenvalue weighted by Crippen LogP contribution is 2.25. The molecule has 0 bridgehead atoms. The normalized spacial score (nSPS) is 12.3. The summed E-state index contributed by atoms with van der Waals surface area (Å²) in [6.45, 7) is 7.13. The van der Waals surface area contributed by atoms with Crippen LogP contribution >= 0.6 is 23.8 Å². The van der Waals surface area contributed by atoms with Crippen molar-refractivity contribution in [3.8, 4) is 0 Å². The van der Waals surface area contributed by atoms with Crippen LogP contribution in [0.4, 0.5) is 4.39 Å². The number of nitrogens with zero attached hydrogens (tertiary/aromatic N) is 1. The van der Waals surface area contributed by atoms with Crippen LogP contribution in [0.3, 0.4) is 0 Å². The molecule has 0 spiro atoms. The van der Waals surface area contributed by atoms with Crippen molar-refractivity contribution >= 4 is 34.9 Å². The Hall–Kier alpha value is -0.870. The van der Waals surface area contributed by atoms with Crippen LogP contribution < -0.4 is 0 Å². The molecule has 0 aliphatic heterocycles. The van der Waals surface area contributed by atoms with Crippen molar-refractivity contribution in [1.82, 2.24) is 9.55 Å². The number of nitrogens with one attached hydrogen (secondary N) is 1. The third kappa shape index (κ3) is 2.53. The van der Waals surface area contributed by atoms with Gasteiger partial charge in [-0.25, -0.2) is 4.39 Å². The summed E-state index contributed by atoms with van der Waals surface area (Å²) in [6, 6.07) is 3.00. The number of halogens is 2. The molecule has 5 heteroatoms. The van der Waals surface area contributed by atoms with Gasteiger partial charge in [0.25, 0.3) is 0 Å². The molecule has 0 fully saturated rings. The third-order valence-corrected chi connectivity index (χ3v) is 3.06. The average Bonchev–Trinajstić information content (AvgIpc) is 2.43. The number of hydrogen-bond acceptors (Lipinski definition) is 1. The predicted octanol–water partition coefficient (Wildman–Crippen LogP) is 4.54. The van der Waals surface area contributed by atoms with Crippen molar-refractivity contribution in [2.24, 2.45) is 5.41 Å². The molecule has 0 aliphatic carbocycles. The van der Waals surface area contributed by atoms with Gasteiger partial charge in [0, 0.05) is 12.6 Å².